The van der Waals surface area contributed by atoms with Crippen LogP contribution in [0.1, 0.15) is 33.0 Å². The summed E-state index contributed by atoms with van der Waals surface area (Å²) in [6.45, 7) is 6.18. The van der Waals surface area contributed by atoms with Gasteiger partial charge in [0.25, 0.3) is 11.5 Å². The standard InChI is InChI=1S/C24H23N3O3S/c1-14-6-5-7-21(16(14)3)27-23(29)19-11-9-17(12-20(19)25-24(27)31)22(28)26(4)13-18-10-8-15(2)30-18/h5-12H,13H2,1-4H3,(H,25,31). The van der Waals surface area contributed by atoms with E-state index in [4.69, 9.17) is 16.6 Å². The van der Waals surface area contributed by atoms with Gasteiger partial charge in [0.15, 0.2) is 4.77 Å². The molecule has 0 bridgehead atoms. The van der Waals surface area contributed by atoms with E-state index in [9.17, 15) is 9.59 Å². The van der Waals surface area contributed by atoms with Gasteiger partial charge < -0.3 is 14.3 Å². The molecule has 4 aromatic rings. The third kappa shape index (κ3) is 3.84. The molecular weight excluding hydrogens is 410 g/mol. The Morgan fingerprint density at radius 1 is 1.13 bits per heavy atom. The SMILES string of the molecule is Cc1ccc(CN(C)C(=O)c2ccc3c(=O)n(-c4cccc(C)c4C)c(=S)[nH]c3c2)o1. The number of benzene rings is 2. The first-order chi connectivity index (χ1) is 14.8. The molecule has 0 aliphatic heterocycles. The molecule has 2 heterocycles. The molecule has 0 fully saturated rings. The van der Waals surface area contributed by atoms with E-state index >= 15 is 0 Å². The fourth-order valence-electron chi connectivity index (χ4n) is 3.64. The van der Waals surface area contributed by atoms with Crippen molar-refractivity contribution in [2.45, 2.75) is 27.3 Å². The lowest BCUT2D eigenvalue weighted by atomic mass is 10.1. The minimum Gasteiger partial charge on any atom is -0.464 e. The van der Waals surface area contributed by atoms with Crippen molar-refractivity contribution in [2.75, 3.05) is 7.05 Å². The van der Waals surface area contributed by atoms with Gasteiger partial charge in [0.05, 0.1) is 23.1 Å². The molecule has 4 rings (SSSR count). The van der Waals surface area contributed by atoms with Crippen LogP contribution < -0.4 is 5.56 Å². The Morgan fingerprint density at radius 3 is 2.61 bits per heavy atom. The number of carbonyl (C=O) groups is 1. The first-order valence-electron chi connectivity index (χ1n) is 9.92. The second-order valence-electron chi connectivity index (χ2n) is 7.72. The van der Waals surface area contributed by atoms with Gasteiger partial charge >= 0.3 is 0 Å². The van der Waals surface area contributed by atoms with E-state index in [0.717, 1.165) is 22.6 Å². The third-order valence-corrected chi connectivity index (χ3v) is 5.78. The summed E-state index contributed by atoms with van der Waals surface area (Å²) in [5.74, 6) is 1.34. The quantitative estimate of drug-likeness (QED) is 0.468. The molecule has 2 aromatic heterocycles. The number of aromatic nitrogens is 2. The molecule has 158 valence electrons. The van der Waals surface area contributed by atoms with Gasteiger partial charge in [0.1, 0.15) is 11.5 Å². The summed E-state index contributed by atoms with van der Waals surface area (Å²) < 4.78 is 7.35. The maximum atomic E-state index is 13.2. The number of furan rings is 1. The number of aryl methyl sites for hydroxylation is 2. The Kier molecular flexibility index (Phi) is 5.37. The van der Waals surface area contributed by atoms with Crippen LogP contribution in [-0.2, 0) is 6.54 Å². The van der Waals surface area contributed by atoms with Crippen LogP contribution in [0.5, 0.6) is 0 Å². The van der Waals surface area contributed by atoms with E-state index in [-0.39, 0.29) is 16.2 Å². The number of carbonyl (C=O) groups excluding carboxylic acids is 1. The fraction of sp³-hybridized carbons (Fsp3) is 0.208. The Bertz CT molecular complexity index is 1430. The van der Waals surface area contributed by atoms with E-state index in [1.54, 1.807) is 30.1 Å². The predicted octanol–water partition coefficient (Wildman–Crippen LogP) is 4.84. The number of hydrogen-bond acceptors (Lipinski definition) is 4. The van der Waals surface area contributed by atoms with E-state index < -0.39 is 0 Å². The minimum atomic E-state index is -0.217. The molecular formula is C24H23N3O3S. The Balaban J connectivity index is 1.74. The van der Waals surface area contributed by atoms with Gasteiger partial charge in [-0.1, -0.05) is 12.1 Å². The summed E-state index contributed by atoms with van der Waals surface area (Å²) in [6.07, 6.45) is 0. The smallest absolute Gasteiger partial charge is 0.266 e. The van der Waals surface area contributed by atoms with Crippen molar-refractivity contribution in [3.8, 4) is 5.69 Å². The highest BCUT2D eigenvalue weighted by Gasteiger charge is 2.16. The van der Waals surface area contributed by atoms with Crippen molar-refractivity contribution < 1.29 is 9.21 Å². The molecule has 2 aromatic carbocycles. The average molecular weight is 434 g/mol. The monoisotopic (exact) mass is 433 g/mol. The molecule has 6 nitrogen and oxygen atoms in total. The number of aromatic amines is 1. The van der Waals surface area contributed by atoms with Crippen LogP contribution in [0.4, 0.5) is 0 Å². The van der Waals surface area contributed by atoms with E-state index in [1.807, 2.05) is 51.1 Å². The molecule has 0 atom stereocenters. The van der Waals surface area contributed by atoms with Crippen molar-refractivity contribution in [1.82, 2.24) is 14.5 Å². The summed E-state index contributed by atoms with van der Waals surface area (Å²) in [7, 11) is 1.71. The number of H-pyrrole nitrogens is 1. The molecule has 0 saturated heterocycles. The molecule has 31 heavy (non-hydrogen) atoms. The van der Waals surface area contributed by atoms with Crippen LogP contribution in [0.3, 0.4) is 0 Å². The van der Waals surface area contributed by atoms with Crippen molar-refractivity contribution in [3.05, 3.63) is 91.9 Å². The second-order valence-corrected chi connectivity index (χ2v) is 8.11. The number of rotatable bonds is 4. The predicted molar refractivity (Wildman–Crippen MR) is 123 cm³/mol. The van der Waals surface area contributed by atoms with Gasteiger partial charge in [-0.2, -0.15) is 0 Å². The van der Waals surface area contributed by atoms with Crippen LogP contribution in [0.2, 0.25) is 0 Å². The van der Waals surface area contributed by atoms with Crippen molar-refractivity contribution >= 4 is 29.0 Å². The van der Waals surface area contributed by atoms with Crippen molar-refractivity contribution in [3.63, 3.8) is 0 Å². The number of nitrogens with one attached hydrogen (secondary N) is 1. The highest BCUT2D eigenvalue weighted by atomic mass is 32.1. The molecule has 0 aliphatic rings. The molecule has 0 radical (unpaired) electrons. The Labute approximate surface area is 184 Å². The normalized spacial score (nSPS) is 11.1. The van der Waals surface area contributed by atoms with Crippen LogP contribution in [0.25, 0.3) is 16.6 Å². The maximum Gasteiger partial charge on any atom is 0.266 e. The molecule has 1 N–H and O–H groups in total. The molecule has 7 heteroatoms. The van der Waals surface area contributed by atoms with Gasteiger partial charge in [0, 0.05) is 12.6 Å². The zero-order valence-corrected chi connectivity index (χ0v) is 18.7. The zero-order valence-electron chi connectivity index (χ0n) is 17.9. The van der Waals surface area contributed by atoms with E-state index in [2.05, 4.69) is 4.98 Å². The van der Waals surface area contributed by atoms with Gasteiger partial charge in [-0.3, -0.25) is 14.2 Å². The molecule has 0 spiro atoms. The zero-order chi connectivity index (χ0) is 22.3. The maximum absolute atomic E-state index is 13.2. The first-order valence-corrected chi connectivity index (χ1v) is 10.3. The van der Waals surface area contributed by atoms with Gasteiger partial charge in [-0.05, 0) is 80.5 Å². The number of amides is 1. The lowest BCUT2D eigenvalue weighted by Crippen LogP contribution is -2.26. The number of fused-ring (bicyclic) bond motifs is 1. The Hall–Kier alpha value is -3.45. The molecule has 1 amide bonds. The summed E-state index contributed by atoms with van der Waals surface area (Å²) in [6, 6.07) is 14.5. The second kappa shape index (κ2) is 8.00. The minimum absolute atomic E-state index is 0.172. The summed E-state index contributed by atoms with van der Waals surface area (Å²) >= 11 is 5.50. The van der Waals surface area contributed by atoms with E-state index in [0.29, 0.717) is 28.8 Å². The summed E-state index contributed by atoms with van der Waals surface area (Å²) in [4.78, 5) is 30.8. The third-order valence-electron chi connectivity index (χ3n) is 5.50. The van der Waals surface area contributed by atoms with Crippen LogP contribution in [-0.4, -0.2) is 27.4 Å². The topological polar surface area (TPSA) is 71.2 Å². The molecule has 0 aliphatic carbocycles. The first kappa shape index (κ1) is 20.8. The lowest BCUT2D eigenvalue weighted by molar-refractivity contribution is 0.0775. The average Bonchev–Trinajstić information content (AvgIpc) is 3.14. The van der Waals surface area contributed by atoms with Crippen molar-refractivity contribution in [1.29, 1.82) is 0 Å². The molecule has 0 unspecified atom stereocenters. The van der Waals surface area contributed by atoms with Gasteiger partial charge in [-0.25, -0.2) is 0 Å². The summed E-state index contributed by atoms with van der Waals surface area (Å²) in [5, 5.41) is 0.468. The highest BCUT2D eigenvalue weighted by Crippen LogP contribution is 2.19. The van der Waals surface area contributed by atoms with Crippen molar-refractivity contribution in [2.24, 2.45) is 0 Å². The van der Waals surface area contributed by atoms with Gasteiger partial charge in [0.2, 0.25) is 0 Å². The number of hydrogen-bond donors (Lipinski definition) is 1. The molecule has 0 saturated carbocycles. The Morgan fingerprint density at radius 2 is 1.90 bits per heavy atom. The summed E-state index contributed by atoms with van der Waals surface area (Å²) in [5.41, 5.74) is 3.60. The van der Waals surface area contributed by atoms with Crippen LogP contribution in [0.15, 0.2) is 57.7 Å². The number of nitrogens with zero attached hydrogens (tertiary/aromatic N) is 2. The van der Waals surface area contributed by atoms with Crippen LogP contribution >= 0.6 is 12.2 Å². The highest BCUT2D eigenvalue weighted by molar-refractivity contribution is 7.71. The fourth-order valence-corrected chi connectivity index (χ4v) is 3.93. The van der Waals surface area contributed by atoms with Crippen LogP contribution in [0, 0.1) is 25.5 Å². The largest absolute Gasteiger partial charge is 0.464 e. The van der Waals surface area contributed by atoms with E-state index in [1.165, 1.54) is 4.57 Å². The lowest BCUT2D eigenvalue weighted by Gasteiger charge is -2.16. The van der Waals surface area contributed by atoms with Gasteiger partial charge in [-0.15, -0.1) is 0 Å².